The molecule has 0 aliphatic rings. The molecule has 9 nitrogen and oxygen atoms in total. The molecule has 0 aliphatic heterocycles. The lowest BCUT2D eigenvalue weighted by Gasteiger charge is -2.24. The number of unbranched alkanes of at least 4 members (excludes halogenated alkanes) is 44. The van der Waals surface area contributed by atoms with E-state index in [1.807, 2.05) is 21.1 Å². The summed E-state index contributed by atoms with van der Waals surface area (Å²) < 4.78 is 34.7. The number of phosphoric acid groups is 1. The number of carbonyl (C=O) groups is 2. The van der Waals surface area contributed by atoms with Crippen LogP contribution in [0.4, 0.5) is 0 Å². The summed E-state index contributed by atoms with van der Waals surface area (Å²) in [6.45, 7) is 4.48. The molecule has 0 amide bonds. The van der Waals surface area contributed by atoms with Crippen molar-refractivity contribution in [2.75, 3.05) is 47.5 Å². The van der Waals surface area contributed by atoms with Crippen molar-refractivity contribution in [3.63, 3.8) is 0 Å². The van der Waals surface area contributed by atoms with Crippen molar-refractivity contribution < 1.29 is 42.1 Å². The van der Waals surface area contributed by atoms with Gasteiger partial charge in [0.1, 0.15) is 19.8 Å². The summed E-state index contributed by atoms with van der Waals surface area (Å²) in [6, 6.07) is 0. The van der Waals surface area contributed by atoms with Crippen LogP contribution in [0.15, 0.2) is 48.6 Å². The molecule has 0 heterocycles. The molecular formula is C72H137NO8P+. The summed E-state index contributed by atoms with van der Waals surface area (Å²) >= 11 is 0. The number of nitrogens with zero attached hydrogens (tertiary/aromatic N) is 1. The van der Waals surface area contributed by atoms with Gasteiger partial charge in [-0.05, 0) is 77.0 Å². The van der Waals surface area contributed by atoms with Gasteiger partial charge in [0.05, 0.1) is 27.7 Å². The van der Waals surface area contributed by atoms with E-state index in [-0.39, 0.29) is 25.6 Å². The number of hydrogen-bond acceptors (Lipinski definition) is 7. The molecule has 2 unspecified atom stereocenters. The number of hydrogen-bond donors (Lipinski definition) is 1. The molecule has 0 aromatic heterocycles. The Labute approximate surface area is 509 Å². The molecule has 10 heteroatoms. The second-order valence-electron chi connectivity index (χ2n) is 25.3. The molecule has 0 rings (SSSR count). The number of carbonyl (C=O) groups excluding carboxylic acids is 2. The highest BCUT2D eigenvalue weighted by atomic mass is 31.2. The van der Waals surface area contributed by atoms with Crippen LogP contribution < -0.4 is 0 Å². The van der Waals surface area contributed by atoms with Crippen molar-refractivity contribution in [2.24, 2.45) is 0 Å². The third-order valence-corrected chi connectivity index (χ3v) is 16.8. The fraction of sp³-hybridized carbons (Fsp3) is 0.861. The normalized spacial score (nSPS) is 13.4. The van der Waals surface area contributed by atoms with E-state index in [1.54, 1.807) is 0 Å². The van der Waals surface area contributed by atoms with Gasteiger partial charge in [0, 0.05) is 12.8 Å². The van der Waals surface area contributed by atoms with Crippen molar-refractivity contribution in [3.8, 4) is 0 Å². The lowest BCUT2D eigenvalue weighted by atomic mass is 10.0. The molecule has 0 spiro atoms. The van der Waals surface area contributed by atoms with Crippen LogP contribution in [0, 0.1) is 0 Å². The molecule has 2 atom stereocenters. The number of ether oxygens (including phenoxy) is 2. The second kappa shape index (κ2) is 63.5. The maximum Gasteiger partial charge on any atom is 0.472 e. The Kier molecular flexibility index (Phi) is 61.9. The summed E-state index contributed by atoms with van der Waals surface area (Å²) in [5, 5.41) is 0. The van der Waals surface area contributed by atoms with Gasteiger partial charge in [-0.3, -0.25) is 18.6 Å². The average Bonchev–Trinajstić information content (AvgIpc) is 3.45. The van der Waals surface area contributed by atoms with Crippen LogP contribution >= 0.6 is 7.82 Å². The van der Waals surface area contributed by atoms with Crippen LogP contribution in [0.2, 0.25) is 0 Å². The van der Waals surface area contributed by atoms with Crippen LogP contribution in [-0.4, -0.2) is 74.9 Å². The van der Waals surface area contributed by atoms with Gasteiger partial charge in [-0.2, -0.15) is 0 Å². The first-order valence-electron chi connectivity index (χ1n) is 35.4. The molecule has 0 saturated carbocycles. The number of phosphoric ester groups is 1. The minimum absolute atomic E-state index is 0.0328. The zero-order valence-corrected chi connectivity index (χ0v) is 55.9. The van der Waals surface area contributed by atoms with Gasteiger partial charge in [-0.25, -0.2) is 4.57 Å². The van der Waals surface area contributed by atoms with Gasteiger partial charge in [0.15, 0.2) is 6.10 Å². The van der Waals surface area contributed by atoms with E-state index in [9.17, 15) is 19.0 Å². The maximum atomic E-state index is 12.9. The minimum atomic E-state index is -4.39. The molecule has 82 heavy (non-hydrogen) atoms. The summed E-state index contributed by atoms with van der Waals surface area (Å²) in [5.74, 6) is -0.781. The monoisotopic (exact) mass is 1180 g/mol. The Balaban J connectivity index is 4.02. The van der Waals surface area contributed by atoms with Crippen molar-refractivity contribution in [2.45, 2.75) is 354 Å². The van der Waals surface area contributed by atoms with Crippen molar-refractivity contribution in [1.29, 1.82) is 0 Å². The molecule has 0 aromatic carbocycles. The van der Waals surface area contributed by atoms with Crippen LogP contribution in [0.5, 0.6) is 0 Å². The molecule has 0 radical (unpaired) electrons. The summed E-state index contributed by atoms with van der Waals surface area (Å²) in [5.41, 5.74) is 0. The van der Waals surface area contributed by atoms with E-state index >= 15 is 0 Å². The molecule has 0 aliphatic carbocycles. The molecule has 1 N–H and O–H groups in total. The van der Waals surface area contributed by atoms with Gasteiger partial charge in [-0.15, -0.1) is 0 Å². The molecular weight excluding hydrogens is 1040 g/mol. The lowest BCUT2D eigenvalue weighted by Crippen LogP contribution is -2.37. The molecule has 0 saturated heterocycles. The molecule has 0 bridgehead atoms. The number of quaternary nitrogens is 1. The topological polar surface area (TPSA) is 108 Å². The fourth-order valence-corrected chi connectivity index (χ4v) is 11.1. The number of likely N-dealkylation sites (N-methyl/N-ethyl adjacent to an activating group) is 1. The molecule has 0 aromatic rings. The smallest absolute Gasteiger partial charge is 0.462 e. The Morgan fingerprint density at radius 1 is 0.378 bits per heavy atom. The SMILES string of the molecule is CCCCCCC/C=C\C/C=C\C/C=C\CCCCCCCCCCCCCCCCC(=O)OC(COC(=O)CCCCCCCCCCCCCCCCCCC/C=C\CCCCCCCCCC)COP(=O)(O)OCC[N+](C)(C)C. The van der Waals surface area contributed by atoms with Gasteiger partial charge >= 0.3 is 19.8 Å². The van der Waals surface area contributed by atoms with Gasteiger partial charge in [0.2, 0.25) is 0 Å². The summed E-state index contributed by atoms with van der Waals surface area (Å²) in [6.07, 6.45) is 82.2. The largest absolute Gasteiger partial charge is 0.472 e. The number of rotatable bonds is 66. The maximum absolute atomic E-state index is 12.9. The van der Waals surface area contributed by atoms with Crippen molar-refractivity contribution in [3.05, 3.63) is 48.6 Å². The third-order valence-electron chi connectivity index (χ3n) is 15.8. The first kappa shape index (κ1) is 80.0. The highest BCUT2D eigenvalue weighted by Crippen LogP contribution is 2.43. The Bertz CT molecular complexity index is 1520. The van der Waals surface area contributed by atoms with Crippen LogP contribution in [0.25, 0.3) is 0 Å². The minimum Gasteiger partial charge on any atom is -0.462 e. The number of esters is 2. The standard InChI is InChI=1S/C72H136NO8P/c1-6-8-10-12-14-16-18-20-22-24-26-28-30-32-34-36-38-40-42-44-46-48-50-52-54-56-58-60-62-64-71(74)78-68-70(69-80-82(76,77)79-67-66-73(3,4)5)81-72(75)65-63-61-59-57-55-53-51-49-47-45-43-41-39-37-35-33-31-29-27-25-23-21-19-17-15-13-11-9-7-2/h19,21,24-27,31,33,70H,6-18,20,22-23,28-30,32,34-69H2,1-5H3/p+1/b21-19-,26-24-,27-25-,33-31-. The van der Waals surface area contributed by atoms with E-state index in [2.05, 4.69) is 62.5 Å². The first-order chi connectivity index (χ1) is 40.0. The first-order valence-corrected chi connectivity index (χ1v) is 36.9. The van der Waals surface area contributed by atoms with E-state index in [4.69, 9.17) is 18.5 Å². The highest BCUT2D eigenvalue weighted by molar-refractivity contribution is 7.47. The highest BCUT2D eigenvalue weighted by Gasteiger charge is 2.27. The zero-order valence-electron chi connectivity index (χ0n) is 55.0. The zero-order chi connectivity index (χ0) is 59.8. The van der Waals surface area contributed by atoms with E-state index < -0.39 is 26.5 Å². The second-order valence-corrected chi connectivity index (χ2v) is 26.7. The van der Waals surface area contributed by atoms with Gasteiger partial charge in [-0.1, -0.05) is 306 Å². The summed E-state index contributed by atoms with van der Waals surface area (Å²) in [4.78, 5) is 35.9. The fourth-order valence-electron chi connectivity index (χ4n) is 10.4. The Hall–Kier alpha value is -2.03. The van der Waals surface area contributed by atoms with Crippen molar-refractivity contribution in [1.82, 2.24) is 0 Å². The van der Waals surface area contributed by atoms with Crippen LogP contribution in [0.3, 0.4) is 0 Å². The van der Waals surface area contributed by atoms with Crippen molar-refractivity contribution >= 4 is 19.8 Å². The predicted molar refractivity (Wildman–Crippen MR) is 353 cm³/mol. The quantitative estimate of drug-likeness (QED) is 0.0211. The van der Waals surface area contributed by atoms with E-state index in [0.717, 1.165) is 44.9 Å². The van der Waals surface area contributed by atoms with Gasteiger partial charge in [0.25, 0.3) is 0 Å². The average molecular weight is 1180 g/mol. The number of allylic oxidation sites excluding steroid dienone is 8. The Morgan fingerprint density at radius 2 is 0.659 bits per heavy atom. The van der Waals surface area contributed by atoms with E-state index in [1.165, 1.54) is 270 Å². The molecule has 482 valence electrons. The summed E-state index contributed by atoms with van der Waals surface area (Å²) in [7, 11) is 1.49. The third kappa shape index (κ3) is 67.1. The van der Waals surface area contributed by atoms with Crippen LogP contribution in [-0.2, 0) is 32.7 Å². The van der Waals surface area contributed by atoms with Gasteiger partial charge < -0.3 is 18.9 Å². The van der Waals surface area contributed by atoms with Crippen LogP contribution in [0.1, 0.15) is 348 Å². The molecule has 0 fully saturated rings. The predicted octanol–water partition coefficient (Wildman–Crippen LogP) is 22.8. The lowest BCUT2D eigenvalue weighted by molar-refractivity contribution is -0.870. The Morgan fingerprint density at radius 3 is 0.988 bits per heavy atom. The van der Waals surface area contributed by atoms with E-state index in [0.29, 0.717) is 23.9 Å².